The van der Waals surface area contributed by atoms with Gasteiger partial charge in [-0.15, -0.1) is 0 Å². The average Bonchev–Trinajstić information content (AvgIpc) is 3.02. The highest BCUT2D eigenvalue weighted by atomic mass is 16.5. The molecule has 3 N–H and O–H groups in total. The molecule has 2 aromatic rings. The molecule has 0 saturated heterocycles. The van der Waals surface area contributed by atoms with Gasteiger partial charge in [-0.25, -0.2) is 4.90 Å². The SMILES string of the molecule is CC1(N(CCO)CCO)NC(c2ccccc2)=C(c2ccccc2)O1. The molecule has 132 valence electrons. The summed E-state index contributed by atoms with van der Waals surface area (Å²) in [7, 11) is 0. The van der Waals surface area contributed by atoms with E-state index in [0.717, 1.165) is 22.6 Å². The predicted octanol–water partition coefficient (Wildman–Crippen LogP) is 2.09. The van der Waals surface area contributed by atoms with Gasteiger partial charge in [0.05, 0.1) is 18.9 Å². The summed E-state index contributed by atoms with van der Waals surface area (Å²) in [4.78, 5) is 1.89. The fourth-order valence-electron chi connectivity index (χ4n) is 3.09. The van der Waals surface area contributed by atoms with Gasteiger partial charge in [-0.2, -0.15) is 0 Å². The molecular weight excluding hydrogens is 316 g/mol. The monoisotopic (exact) mass is 340 g/mol. The van der Waals surface area contributed by atoms with Crippen LogP contribution in [0.5, 0.6) is 0 Å². The van der Waals surface area contributed by atoms with Crippen molar-refractivity contribution in [1.82, 2.24) is 10.2 Å². The molecule has 25 heavy (non-hydrogen) atoms. The standard InChI is InChI=1S/C20H24N2O3/c1-20(22(12-14-23)13-15-24)21-18(16-8-4-2-5-9-16)19(25-20)17-10-6-3-7-11-17/h2-11,21,23-24H,12-15H2,1H3. The highest BCUT2D eigenvalue weighted by molar-refractivity contribution is 5.88. The van der Waals surface area contributed by atoms with Crippen molar-refractivity contribution in [3.8, 4) is 0 Å². The Hall–Kier alpha value is -2.34. The molecule has 5 heteroatoms. The summed E-state index contributed by atoms with van der Waals surface area (Å²) in [5, 5.41) is 22.2. The summed E-state index contributed by atoms with van der Waals surface area (Å²) in [5.74, 6) is -0.0860. The third-order valence-electron chi connectivity index (χ3n) is 4.33. The van der Waals surface area contributed by atoms with Crippen LogP contribution in [0.15, 0.2) is 60.7 Å². The molecule has 1 atom stereocenters. The van der Waals surface area contributed by atoms with Crippen molar-refractivity contribution >= 4 is 11.5 Å². The van der Waals surface area contributed by atoms with E-state index in [1.54, 1.807) is 0 Å². The Morgan fingerprint density at radius 3 is 1.92 bits per heavy atom. The van der Waals surface area contributed by atoms with E-state index in [4.69, 9.17) is 4.74 Å². The molecule has 0 amide bonds. The molecule has 0 saturated carbocycles. The van der Waals surface area contributed by atoms with Crippen molar-refractivity contribution in [2.24, 2.45) is 0 Å². The van der Waals surface area contributed by atoms with Crippen molar-refractivity contribution in [2.45, 2.75) is 12.8 Å². The minimum atomic E-state index is -0.845. The molecule has 1 heterocycles. The summed E-state index contributed by atoms with van der Waals surface area (Å²) in [6.45, 7) is 2.68. The number of aliphatic hydroxyl groups is 2. The number of hydrogen-bond donors (Lipinski definition) is 3. The third kappa shape index (κ3) is 3.69. The molecule has 1 unspecified atom stereocenters. The lowest BCUT2D eigenvalue weighted by molar-refractivity contribution is -0.102. The van der Waals surface area contributed by atoms with Gasteiger partial charge in [0.2, 0.25) is 5.85 Å². The highest BCUT2D eigenvalue weighted by Gasteiger charge is 2.41. The van der Waals surface area contributed by atoms with E-state index in [2.05, 4.69) is 5.32 Å². The van der Waals surface area contributed by atoms with Crippen LogP contribution in [-0.2, 0) is 4.74 Å². The zero-order chi connectivity index (χ0) is 17.7. The fourth-order valence-corrected chi connectivity index (χ4v) is 3.09. The Morgan fingerprint density at radius 2 is 1.40 bits per heavy atom. The topological polar surface area (TPSA) is 65.0 Å². The number of aliphatic hydroxyl groups excluding tert-OH is 2. The highest BCUT2D eigenvalue weighted by Crippen LogP contribution is 2.37. The molecule has 1 aliphatic rings. The zero-order valence-electron chi connectivity index (χ0n) is 14.4. The summed E-state index contributed by atoms with van der Waals surface area (Å²) < 4.78 is 6.34. The molecule has 3 rings (SSSR count). The Bertz CT molecular complexity index is 659. The lowest BCUT2D eigenvalue weighted by Gasteiger charge is -2.37. The molecular formula is C20H24N2O3. The van der Waals surface area contributed by atoms with Gasteiger partial charge in [-0.1, -0.05) is 60.7 Å². The normalized spacial score (nSPS) is 19.8. The predicted molar refractivity (Wildman–Crippen MR) is 98.1 cm³/mol. The Balaban J connectivity index is 2.00. The summed E-state index contributed by atoms with van der Waals surface area (Å²) >= 11 is 0. The van der Waals surface area contributed by atoms with Crippen molar-refractivity contribution in [3.05, 3.63) is 71.8 Å². The van der Waals surface area contributed by atoms with Crippen LogP contribution in [0.4, 0.5) is 0 Å². The van der Waals surface area contributed by atoms with E-state index in [1.165, 1.54) is 0 Å². The average molecular weight is 340 g/mol. The van der Waals surface area contributed by atoms with Gasteiger partial charge in [0.25, 0.3) is 0 Å². The first-order valence-electron chi connectivity index (χ1n) is 8.47. The van der Waals surface area contributed by atoms with Gasteiger partial charge >= 0.3 is 0 Å². The van der Waals surface area contributed by atoms with E-state index in [1.807, 2.05) is 72.5 Å². The van der Waals surface area contributed by atoms with Gasteiger partial charge in [0, 0.05) is 31.1 Å². The van der Waals surface area contributed by atoms with E-state index < -0.39 is 5.85 Å². The summed E-state index contributed by atoms with van der Waals surface area (Å²) in [5.41, 5.74) is 2.90. The summed E-state index contributed by atoms with van der Waals surface area (Å²) in [6.07, 6.45) is 0. The second-order valence-corrected chi connectivity index (χ2v) is 6.08. The Labute approximate surface area is 148 Å². The lowest BCUT2D eigenvalue weighted by Crippen LogP contribution is -2.56. The molecule has 0 bridgehead atoms. The molecule has 0 spiro atoms. The first-order valence-corrected chi connectivity index (χ1v) is 8.47. The number of benzene rings is 2. The largest absolute Gasteiger partial charge is 0.452 e. The fraction of sp³-hybridized carbons (Fsp3) is 0.300. The van der Waals surface area contributed by atoms with Crippen LogP contribution in [0.2, 0.25) is 0 Å². The van der Waals surface area contributed by atoms with Gasteiger partial charge in [0.1, 0.15) is 0 Å². The minimum absolute atomic E-state index is 0.0119. The molecule has 0 fully saturated rings. The van der Waals surface area contributed by atoms with Crippen molar-refractivity contribution in [1.29, 1.82) is 0 Å². The molecule has 0 aliphatic carbocycles. The second kappa shape index (κ2) is 7.70. The van der Waals surface area contributed by atoms with Crippen LogP contribution in [0.1, 0.15) is 18.1 Å². The van der Waals surface area contributed by atoms with Gasteiger partial charge in [-0.3, -0.25) is 0 Å². The minimum Gasteiger partial charge on any atom is -0.452 e. The maximum Gasteiger partial charge on any atom is 0.238 e. The molecule has 1 aliphatic heterocycles. The zero-order valence-corrected chi connectivity index (χ0v) is 14.4. The number of ether oxygens (including phenoxy) is 1. The van der Waals surface area contributed by atoms with Crippen LogP contribution in [0.25, 0.3) is 11.5 Å². The van der Waals surface area contributed by atoms with Gasteiger partial charge in [-0.05, 0) is 0 Å². The van der Waals surface area contributed by atoms with E-state index in [-0.39, 0.29) is 13.2 Å². The van der Waals surface area contributed by atoms with Crippen LogP contribution < -0.4 is 5.32 Å². The molecule has 5 nitrogen and oxygen atoms in total. The molecule has 0 radical (unpaired) electrons. The third-order valence-corrected chi connectivity index (χ3v) is 4.33. The summed E-state index contributed by atoms with van der Waals surface area (Å²) in [6, 6.07) is 20.0. The van der Waals surface area contributed by atoms with Crippen molar-refractivity contribution < 1.29 is 14.9 Å². The number of nitrogens with zero attached hydrogens (tertiary/aromatic N) is 1. The number of rotatable bonds is 7. The molecule has 2 aromatic carbocycles. The van der Waals surface area contributed by atoms with E-state index in [9.17, 15) is 10.2 Å². The van der Waals surface area contributed by atoms with Crippen LogP contribution in [0, 0.1) is 0 Å². The van der Waals surface area contributed by atoms with E-state index >= 15 is 0 Å². The number of nitrogens with one attached hydrogen (secondary N) is 1. The first-order chi connectivity index (χ1) is 12.2. The van der Waals surface area contributed by atoms with Gasteiger partial charge in [0.15, 0.2) is 5.76 Å². The maximum absolute atomic E-state index is 9.38. The van der Waals surface area contributed by atoms with Crippen molar-refractivity contribution in [3.63, 3.8) is 0 Å². The lowest BCUT2D eigenvalue weighted by atomic mass is 10.1. The van der Waals surface area contributed by atoms with Crippen LogP contribution >= 0.6 is 0 Å². The van der Waals surface area contributed by atoms with Crippen molar-refractivity contribution in [2.75, 3.05) is 26.3 Å². The molecule has 0 aromatic heterocycles. The number of hydrogen-bond acceptors (Lipinski definition) is 5. The Kier molecular flexibility index (Phi) is 5.38. The van der Waals surface area contributed by atoms with E-state index in [0.29, 0.717) is 13.1 Å². The smallest absolute Gasteiger partial charge is 0.238 e. The quantitative estimate of drug-likeness (QED) is 0.720. The maximum atomic E-state index is 9.38. The Morgan fingerprint density at radius 1 is 0.880 bits per heavy atom. The second-order valence-electron chi connectivity index (χ2n) is 6.08. The first kappa shape index (κ1) is 17.5. The van der Waals surface area contributed by atoms with Crippen LogP contribution in [0.3, 0.4) is 0 Å². The van der Waals surface area contributed by atoms with Gasteiger partial charge < -0.3 is 20.3 Å². The van der Waals surface area contributed by atoms with Crippen LogP contribution in [-0.4, -0.2) is 47.3 Å².